The van der Waals surface area contributed by atoms with E-state index in [4.69, 9.17) is 0 Å². The van der Waals surface area contributed by atoms with Crippen LogP contribution in [0.25, 0.3) is 21.5 Å². The second-order valence-electron chi connectivity index (χ2n) is 5.77. The Morgan fingerprint density at radius 2 is 0.846 bits per heavy atom. The predicted octanol–water partition coefficient (Wildman–Crippen LogP) is 5.48. The molecule has 0 bridgehead atoms. The molecule has 0 aliphatic rings. The molecule has 26 heavy (non-hydrogen) atoms. The highest BCUT2D eigenvalue weighted by molar-refractivity contribution is 6.13. The SMILES string of the molecule is CC#Cc1ccc2c(c1)c(C#CC)c(C#CC)c1cc(C#CC)ccc12. The minimum absolute atomic E-state index is 0.964. The van der Waals surface area contributed by atoms with E-state index in [2.05, 4.69) is 83.8 Å². The molecule has 0 radical (unpaired) electrons. The molecule has 3 aromatic rings. The Hall–Kier alpha value is -3.58. The number of hydrogen-bond donors (Lipinski definition) is 0. The maximum absolute atomic E-state index is 3.28. The molecule has 0 N–H and O–H groups in total. The van der Waals surface area contributed by atoms with E-state index in [-0.39, 0.29) is 0 Å². The Labute approximate surface area is 155 Å². The molecule has 0 aliphatic heterocycles. The van der Waals surface area contributed by atoms with Gasteiger partial charge in [-0.15, -0.1) is 23.7 Å². The molecule has 0 saturated carbocycles. The van der Waals surface area contributed by atoms with E-state index >= 15 is 0 Å². The molecule has 0 fully saturated rings. The zero-order valence-electron chi connectivity index (χ0n) is 15.5. The summed E-state index contributed by atoms with van der Waals surface area (Å²) in [7, 11) is 0. The van der Waals surface area contributed by atoms with Gasteiger partial charge >= 0.3 is 0 Å². The zero-order chi connectivity index (χ0) is 18.5. The molecule has 0 nitrogen and oxygen atoms in total. The first-order chi connectivity index (χ1) is 12.7. The van der Waals surface area contributed by atoms with Crippen LogP contribution in [0.2, 0.25) is 0 Å². The molecule has 3 rings (SSSR count). The minimum Gasteiger partial charge on any atom is -0.101 e. The summed E-state index contributed by atoms with van der Waals surface area (Å²) in [5, 5.41) is 4.52. The molecular formula is C26H18. The summed E-state index contributed by atoms with van der Waals surface area (Å²) in [4.78, 5) is 0. The van der Waals surface area contributed by atoms with Crippen LogP contribution in [-0.2, 0) is 0 Å². The summed E-state index contributed by atoms with van der Waals surface area (Å²) in [5.41, 5.74) is 3.90. The maximum Gasteiger partial charge on any atom is 0.0487 e. The second kappa shape index (κ2) is 7.54. The lowest BCUT2D eigenvalue weighted by atomic mass is 9.90. The van der Waals surface area contributed by atoms with Gasteiger partial charge in [-0.3, -0.25) is 0 Å². The average molecular weight is 330 g/mol. The molecular weight excluding hydrogens is 312 g/mol. The fourth-order valence-electron chi connectivity index (χ4n) is 3.20. The minimum atomic E-state index is 0.964. The van der Waals surface area contributed by atoms with Gasteiger partial charge in [0.25, 0.3) is 0 Å². The average Bonchev–Trinajstić information content (AvgIpc) is 2.65. The first-order valence-corrected chi connectivity index (χ1v) is 8.48. The Balaban J connectivity index is 2.59. The van der Waals surface area contributed by atoms with Gasteiger partial charge in [0.15, 0.2) is 0 Å². The Morgan fingerprint density at radius 1 is 0.462 bits per heavy atom. The summed E-state index contributed by atoms with van der Waals surface area (Å²) >= 11 is 0. The third kappa shape index (κ3) is 3.03. The third-order valence-corrected chi connectivity index (χ3v) is 4.16. The molecule has 0 heterocycles. The Bertz CT molecular complexity index is 1170. The van der Waals surface area contributed by atoms with Crippen LogP contribution < -0.4 is 0 Å². The molecule has 0 aliphatic carbocycles. The van der Waals surface area contributed by atoms with Crippen LogP contribution in [0.5, 0.6) is 0 Å². The summed E-state index contributed by atoms with van der Waals surface area (Å²) < 4.78 is 0. The number of fused-ring (bicyclic) bond motifs is 3. The van der Waals surface area contributed by atoms with Crippen LogP contribution in [0.15, 0.2) is 36.4 Å². The molecule has 0 spiro atoms. The van der Waals surface area contributed by atoms with E-state index in [9.17, 15) is 0 Å². The number of hydrogen-bond acceptors (Lipinski definition) is 0. The monoisotopic (exact) mass is 330 g/mol. The van der Waals surface area contributed by atoms with Gasteiger partial charge in [-0.2, -0.15) is 0 Å². The Morgan fingerprint density at radius 3 is 1.19 bits per heavy atom. The maximum atomic E-state index is 3.28. The number of rotatable bonds is 0. The lowest BCUT2D eigenvalue weighted by molar-refractivity contribution is 1.63. The fourth-order valence-corrected chi connectivity index (χ4v) is 3.20. The Kier molecular flexibility index (Phi) is 5.00. The molecule has 0 unspecified atom stereocenters. The van der Waals surface area contributed by atoms with Crippen molar-refractivity contribution < 1.29 is 0 Å². The van der Waals surface area contributed by atoms with Gasteiger partial charge in [-0.25, -0.2) is 0 Å². The van der Waals surface area contributed by atoms with Crippen molar-refractivity contribution in [3.05, 3.63) is 58.7 Å². The highest BCUT2D eigenvalue weighted by atomic mass is 14.1. The van der Waals surface area contributed by atoms with Gasteiger partial charge in [-0.1, -0.05) is 35.8 Å². The van der Waals surface area contributed by atoms with Crippen molar-refractivity contribution in [1.29, 1.82) is 0 Å². The summed E-state index contributed by atoms with van der Waals surface area (Å²) in [5.74, 6) is 24.9. The van der Waals surface area contributed by atoms with Gasteiger partial charge in [0.2, 0.25) is 0 Å². The molecule has 0 saturated heterocycles. The second-order valence-corrected chi connectivity index (χ2v) is 5.77. The van der Waals surface area contributed by atoms with Crippen LogP contribution in [-0.4, -0.2) is 0 Å². The van der Waals surface area contributed by atoms with Crippen molar-refractivity contribution in [2.24, 2.45) is 0 Å². The van der Waals surface area contributed by atoms with Crippen LogP contribution in [0.4, 0.5) is 0 Å². The van der Waals surface area contributed by atoms with Crippen molar-refractivity contribution in [3.8, 4) is 47.4 Å². The topological polar surface area (TPSA) is 0 Å². The molecule has 3 aromatic carbocycles. The van der Waals surface area contributed by atoms with Crippen molar-refractivity contribution in [2.45, 2.75) is 27.7 Å². The summed E-state index contributed by atoms with van der Waals surface area (Å²) in [6.45, 7) is 7.41. The van der Waals surface area contributed by atoms with E-state index in [1.807, 2.05) is 27.7 Å². The van der Waals surface area contributed by atoms with E-state index in [1.165, 1.54) is 0 Å². The van der Waals surface area contributed by atoms with Gasteiger partial charge in [0, 0.05) is 33.0 Å². The highest BCUT2D eigenvalue weighted by Crippen LogP contribution is 2.33. The van der Waals surface area contributed by atoms with Crippen molar-refractivity contribution in [1.82, 2.24) is 0 Å². The lowest BCUT2D eigenvalue weighted by Crippen LogP contribution is -1.93. The van der Waals surface area contributed by atoms with Crippen LogP contribution in [0, 0.1) is 47.4 Å². The van der Waals surface area contributed by atoms with Gasteiger partial charge in [-0.05, 0) is 62.7 Å². The van der Waals surface area contributed by atoms with Gasteiger partial charge in [0.05, 0.1) is 0 Å². The fraction of sp³-hybridized carbons (Fsp3) is 0.154. The standard InChI is InChI=1S/C26H18/c1-5-9-19-13-15-23-24-16-14-20(10-6-2)18-26(24)22(12-8-4)21(11-7-3)25(23)17-19/h13-18H,1-4H3. The lowest BCUT2D eigenvalue weighted by Gasteiger charge is -2.12. The van der Waals surface area contributed by atoms with Crippen LogP contribution in [0.1, 0.15) is 49.9 Å². The summed E-state index contributed by atoms with van der Waals surface area (Å²) in [6.07, 6.45) is 0. The van der Waals surface area contributed by atoms with Crippen molar-refractivity contribution in [3.63, 3.8) is 0 Å². The predicted molar refractivity (Wildman–Crippen MR) is 112 cm³/mol. The van der Waals surface area contributed by atoms with Crippen molar-refractivity contribution in [2.75, 3.05) is 0 Å². The highest BCUT2D eigenvalue weighted by Gasteiger charge is 2.13. The first-order valence-electron chi connectivity index (χ1n) is 8.48. The van der Waals surface area contributed by atoms with Crippen LogP contribution >= 0.6 is 0 Å². The third-order valence-electron chi connectivity index (χ3n) is 4.16. The number of benzene rings is 3. The largest absolute Gasteiger partial charge is 0.101 e. The summed E-state index contributed by atoms with van der Waals surface area (Å²) in [6, 6.07) is 12.6. The quantitative estimate of drug-likeness (QED) is 0.378. The molecule has 122 valence electrons. The molecule has 0 atom stereocenters. The van der Waals surface area contributed by atoms with E-state index in [0.29, 0.717) is 0 Å². The van der Waals surface area contributed by atoms with Gasteiger partial charge < -0.3 is 0 Å². The van der Waals surface area contributed by atoms with E-state index in [0.717, 1.165) is 43.8 Å². The smallest absolute Gasteiger partial charge is 0.0487 e. The van der Waals surface area contributed by atoms with E-state index in [1.54, 1.807) is 0 Å². The van der Waals surface area contributed by atoms with Crippen molar-refractivity contribution >= 4 is 21.5 Å². The molecule has 0 aromatic heterocycles. The van der Waals surface area contributed by atoms with E-state index < -0.39 is 0 Å². The molecule has 0 amide bonds. The van der Waals surface area contributed by atoms with Crippen LogP contribution in [0.3, 0.4) is 0 Å². The first kappa shape index (κ1) is 17.2. The zero-order valence-corrected chi connectivity index (χ0v) is 15.5. The molecule has 0 heteroatoms. The normalized spacial score (nSPS) is 9.08. The van der Waals surface area contributed by atoms with Gasteiger partial charge in [0.1, 0.15) is 0 Å².